The van der Waals surface area contributed by atoms with Crippen molar-refractivity contribution in [2.75, 3.05) is 0 Å². The summed E-state index contributed by atoms with van der Waals surface area (Å²) in [4.78, 5) is 16.6. The van der Waals surface area contributed by atoms with Crippen LogP contribution in [0.25, 0.3) is 0 Å². The number of hydrogen-bond acceptors (Lipinski definition) is 5. The molecule has 1 unspecified atom stereocenters. The molecule has 1 saturated heterocycles. The lowest BCUT2D eigenvalue weighted by Gasteiger charge is -2.53. The summed E-state index contributed by atoms with van der Waals surface area (Å²) in [5.74, 6) is 0.0448. The summed E-state index contributed by atoms with van der Waals surface area (Å²) in [5.41, 5.74) is 10.2. The van der Waals surface area contributed by atoms with E-state index in [9.17, 15) is 18.0 Å². The lowest BCUT2D eigenvalue weighted by Crippen LogP contribution is -2.66. The first-order valence-electron chi connectivity index (χ1n) is 10.8. The van der Waals surface area contributed by atoms with Gasteiger partial charge in [0.15, 0.2) is 5.78 Å². The minimum absolute atomic E-state index is 0.0448. The number of ether oxygens (including phenoxy) is 1. The van der Waals surface area contributed by atoms with Gasteiger partial charge in [-0.3, -0.25) is 4.79 Å². The molecule has 166 valence electrons. The molecule has 0 radical (unpaired) electrons. The molecule has 4 rings (SSSR count). The van der Waals surface area contributed by atoms with Gasteiger partial charge in [-0.15, -0.1) is 0 Å². The second kappa shape index (κ2) is 7.00. The van der Waals surface area contributed by atoms with Crippen molar-refractivity contribution in [2.24, 2.45) is 11.5 Å². The van der Waals surface area contributed by atoms with Crippen molar-refractivity contribution in [3.63, 3.8) is 0 Å². The summed E-state index contributed by atoms with van der Waals surface area (Å²) in [6.07, 6.45) is 1.90. The van der Waals surface area contributed by atoms with E-state index in [4.69, 9.17) is 16.2 Å². The number of halogens is 3. The summed E-state index contributed by atoms with van der Waals surface area (Å²) >= 11 is 0. The first kappa shape index (κ1) is 21.7. The molecule has 2 heterocycles. The Morgan fingerprint density at radius 3 is 2.33 bits per heavy atom. The summed E-state index contributed by atoms with van der Waals surface area (Å²) in [6, 6.07) is 3.98. The number of pyridine rings is 1. The Bertz CT molecular complexity index is 829. The Morgan fingerprint density at radius 1 is 1.10 bits per heavy atom. The SMILES string of the molecule is CCC1(N)CC2(CCC(N)(CCc3cccc(C(F)(F)F)n3)CC2)OC2(CC2)C1=O. The Hall–Kier alpha value is -1.51. The number of alkyl halides is 3. The highest BCUT2D eigenvalue weighted by Crippen LogP contribution is 2.56. The zero-order chi connectivity index (χ0) is 21.8. The molecule has 2 aliphatic carbocycles. The summed E-state index contributed by atoms with van der Waals surface area (Å²) in [5, 5.41) is 0. The van der Waals surface area contributed by atoms with E-state index in [0.29, 0.717) is 57.1 Å². The molecule has 3 fully saturated rings. The summed E-state index contributed by atoms with van der Waals surface area (Å²) in [7, 11) is 0. The van der Waals surface area contributed by atoms with E-state index < -0.39 is 34.2 Å². The molecule has 0 amide bonds. The van der Waals surface area contributed by atoms with Crippen molar-refractivity contribution in [1.29, 1.82) is 0 Å². The molecular weight excluding hydrogens is 395 g/mol. The number of carbonyl (C=O) groups excluding carboxylic acids is 1. The molecule has 1 aliphatic heterocycles. The highest BCUT2D eigenvalue weighted by Gasteiger charge is 2.66. The molecule has 4 N–H and O–H groups in total. The van der Waals surface area contributed by atoms with Gasteiger partial charge in [-0.1, -0.05) is 13.0 Å². The van der Waals surface area contributed by atoms with Crippen LogP contribution in [0.15, 0.2) is 18.2 Å². The topological polar surface area (TPSA) is 91.2 Å². The van der Waals surface area contributed by atoms with E-state index in [1.807, 2.05) is 6.92 Å². The first-order valence-corrected chi connectivity index (χ1v) is 10.8. The maximum atomic E-state index is 12.9. The number of aromatic nitrogens is 1. The van der Waals surface area contributed by atoms with Crippen molar-refractivity contribution in [1.82, 2.24) is 4.98 Å². The second-order valence-electron chi connectivity index (χ2n) is 9.67. The van der Waals surface area contributed by atoms with Crippen molar-refractivity contribution >= 4 is 5.78 Å². The quantitative estimate of drug-likeness (QED) is 0.768. The third-order valence-corrected chi connectivity index (χ3v) is 7.38. The van der Waals surface area contributed by atoms with Gasteiger partial charge in [0.05, 0.1) is 11.1 Å². The number of aryl methyl sites for hydroxylation is 1. The fourth-order valence-corrected chi connectivity index (χ4v) is 5.22. The molecule has 3 aliphatic rings. The van der Waals surface area contributed by atoms with Crippen molar-refractivity contribution in [3.8, 4) is 0 Å². The highest BCUT2D eigenvalue weighted by atomic mass is 19.4. The Kier molecular flexibility index (Phi) is 5.07. The molecule has 0 aromatic carbocycles. The third-order valence-electron chi connectivity index (χ3n) is 7.38. The average Bonchev–Trinajstić information content (AvgIpc) is 3.47. The van der Waals surface area contributed by atoms with Crippen LogP contribution in [-0.4, -0.2) is 33.0 Å². The predicted molar refractivity (Wildman–Crippen MR) is 106 cm³/mol. The van der Waals surface area contributed by atoms with Crippen LogP contribution >= 0.6 is 0 Å². The van der Waals surface area contributed by atoms with Gasteiger partial charge >= 0.3 is 6.18 Å². The fourth-order valence-electron chi connectivity index (χ4n) is 5.22. The normalized spacial score (nSPS) is 35.7. The van der Waals surface area contributed by atoms with Crippen LogP contribution in [0.5, 0.6) is 0 Å². The van der Waals surface area contributed by atoms with Crippen molar-refractivity contribution in [2.45, 2.75) is 99.6 Å². The van der Waals surface area contributed by atoms with Crippen LogP contribution in [0.4, 0.5) is 13.2 Å². The van der Waals surface area contributed by atoms with E-state index in [-0.39, 0.29) is 5.78 Å². The zero-order valence-corrected chi connectivity index (χ0v) is 17.4. The lowest BCUT2D eigenvalue weighted by molar-refractivity contribution is -0.191. The van der Waals surface area contributed by atoms with Crippen LogP contribution in [0, 0.1) is 0 Å². The molecule has 1 atom stereocenters. The number of ketones is 1. The number of carbonyl (C=O) groups is 1. The number of rotatable bonds is 4. The van der Waals surface area contributed by atoms with E-state index in [1.54, 1.807) is 6.07 Å². The lowest BCUT2D eigenvalue weighted by atomic mass is 9.65. The third kappa shape index (κ3) is 3.89. The summed E-state index contributed by atoms with van der Waals surface area (Å²) < 4.78 is 45.1. The zero-order valence-electron chi connectivity index (χ0n) is 17.4. The monoisotopic (exact) mass is 425 g/mol. The van der Waals surface area contributed by atoms with Crippen molar-refractivity contribution < 1.29 is 22.7 Å². The second-order valence-corrected chi connectivity index (χ2v) is 9.67. The molecular formula is C22H30F3N3O2. The van der Waals surface area contributed by atoms with Gasteiger partial charge in [-0.25, -0.2) is 4.98 Å². The van der Waals surface area contributed by atoms with Crippen LogP contribution in [0.1, 0.15) is 76.1 Å². The number of nitrogens with two attached hydrogens (primary N) is 2. The maximum absolute atomic E-state index is 12.9. The van der Waals surface area contributed by atoms with E-state index in [2.05, 4.69) is 4.98 Å². The molecule has 30 heavy (non-hydrogen) atoms. The van der Waals surface area contributed by atoms with Gasteiger partial charge in [0.1, 0.15) is 11.3 Å². The van der Waals surface area contributed by atoms with E-state index in [0.717, 1.165) is 18.9 Å². The van der Waals surface area contributed by atoms with Gasteiger partial charge < -0.3 is 16.2 Å². The average molecular weight is 425 g/mol. The number of nitrogens with zero attached hydrogens (tertiary/aromatic N) is 1. The minimum atomic E-state index is -4.45. The van der Waals surface area contributed by atoms with E-state index in [1.165, 1.54) is 6.07 Å². The predicted octanol–water partition coefficient (Wildman–Crippen LogP) is 3.67. The molecule has 1 aromatic heterocycles. The van der Waals surface area contributed by atoms with Gasteiger partial charge in [0, 0.05) is 17.7 Å². The van der Waals surface area contributed by atoms with Crippen LogP contribution in [0.3, 0.4) is 0 Å². The van der Waals surface area contributed by atoms with Gasteiger partial charge in [-0.05, 0) is 69.9 Å². The molecule has 1 aromatic rings. The standard InChI is InChI=1S/C22H30F3N3O2/c1-2-20(27)14-19(30-21(12-13-21)17(20)29)10-8-18(26,9-11-19)7-6-15-4-3-5-16(28-15)22(23,24)25/h3-5H,2,6-14,26-27H2,1H3. The largest absolute Gasteiger partial charge is 0.433 e. The molecule has 8 heteroatoms. The Labute approximate surface area is 174 Å². The van der Waals surface area contributed by atoms with E-state index >= 15 is 0 Å². The van der Waals surface area contributed by atoms with Gasteiger partial charge in [0.2, 0.25) is 0 Å². The summed E-state index contributed by atoms with van der Waals surface area (Å²) in [6.45, 7) is 1.95. The Morgan fingerprint density at radius 2 is 1.77 bits per heavy atom. The fraction of sp³-hybridized carbons (Fsp3) is 0.727. The van der Waals surface area contributed by atoms with Gasteiger partial charge in [-0.2, -0.15) is 13.2 Å². The van der Waals surface area contributed by atoms with Gasteiger partial charge in [0.25, 0.3) is 0 Å². The highest BCUT2D eigenvalue weighted by molar-refractivity contribution is 5.98. The van der Waals surface area contributed by atoms with Crippen LogP contribution in [0.2, 0.25) is 0 Å². The Balaban J connectivity index is 1.41. The smallest absolute Gasteiger partial charge is 0.361 e. The molecule has 2 spiro atoms. The molecule has 2 saturated carbocycles. The minimum Gasteiger partial charge on any atom is -0.361 e. The van der Waals surface area contributed by atoms with Crippen molar-refractivity contribution in [3.05, 3.63) is 29.6 Å². The van der Waals surface area contributed by atoms with Crippen LogP contribution < -0.4 is 11.5 Å². The number of Topliss-reactive ketones (excluding diaryl/α,β-unsaturated/α-hetero) is 1. The first-order chi connectivity index (χ1) is 13.9. The molecule has 0 bridgehead atoms. The maximum Gasteiger partial charge on any atom is 0.433 e. The van der Waals surface area contributed by atoms with Crippen LogP contribution in [-0.2, 0) is 22.1 Å². The number of hydrogen-bond donors (Lipinski definition) is 2. The molecule has 5 nitrogen and oxygen atoms in total.